The van der Waals surface area contributed by atoms with Gasteiger partial charge in [-0.3, -0.25) is 0 Å². The lowest BCUT2D eigenvalue weighted by molar-refractivity contribution is 0.837. The van der Waals surface area contributed by atoms with Crippen LogP contribution in [-0.4, -0.2) is 4.57 Å². The molecule has 0 fully saturated rings. The van der Waals surface area contributed by atoms with E-state index in [1.807, 2.05) is 18.2 Å². The van der Waals surface area contributed by atoms with E-state index in [4.69, 9.17) is 5.73 Å². The molecule has 2 N–H and O–H groups in total. The monoisotopic (exact) mass is 298 g/mol. The van der Waals surface area contributed by atoms with E-state index in [9.17, 15) is 0 Å². The van der Waals surface area contributed by atoms with E-state index in [1.165, 1.54) is 27.6 Å². The number of benzene rings is 3. The topological polar surface area (TPSA) is 30.9 Å². The van der Waals surface area contributed by atoms with Crippen LogP contribution in [0.5, 0.6) is 0 Å². The summed E-state index contributed by atoms with van der Waals surface area (Å²) in [7, 11) is 0. The minimum atomic E-state index is 0.804. The lowest BCUT2D eigenvalue weighted by Crippen LogP contribution is -1.98. The molecule has 112 valence electrons. The van der Waals surface area contributed by atoms with Gasteiger partial charge in [-0.15, -0.1) is 0 Å². The third kappa shape index (κ3) is 2.71. The summed E-state index contributed by atoms with van der Waals surface area (Å²) in [5.74, 6) is 0. The number of anilines is 1. The van der Waals surface area contributed by atoms with Crippen LogP contribution in [0, 0.1) is 0 Å². The minimum Gasteiger partial charge on any atom is -0.399 e. The van der Waals surface area contributed by atoms with Gasteiger partial charge in [0.1, 0.15) is 0 Å². The molecule has 0 atom stereocenters. The Labute approximate surface area is 135 Å². The highest BCUT2D eigenvalue weighted by Crippen LogP contribution is 2.25. The summed E-state index contributed by atoms with van der Waals surface area (Å²) < 4.78 is 2.27. The van der Waals surface area contributed by atoms with Crippen LogP contribution in [0.4, 0.5) is 5.69 Å². The SMILES string of the molecule is Nc1ccc(Cn2ccc3cc(-c4ccccc4)ccc32)cc1. The van der Waals surface area contributed by atoms with E-state index in [0.717, 1.165) is 12.2 Å². The summed E-state index contributed by atoms with van der Waals surface area (Å²) in [4.78, 5) is 0. The number of fused-ring (bicyclic) bond motifs is 1. The molecular formula is C21H18N2. The highest BCUT2D eigenvalue weighted by atomic mass is 14.9. The Morgan fingerprint density at radius 3 is 2.30 bits per heavy atom. The molecule has 23 heavy (non-hydrogen) atoms. The van der Waals surface area contributed by atoms with Gasteiger partial charge in [-0.1, -0.05) is 48.5 Å². The fourth-order valence-electron chi connectivity index (χ4n) is 2.97. The van der Waals surface area contributed by atoms with Crippen LogP contribution in [0.25, 0.3) is 22.0 Å². The number of aromatic nitrogens is 1. The normalized spacial score (nSPS) is 11.0. The Kier molecular flexibility index (Phi) is 3.35. The van der Waals surface area contributed by atoms with Gasteiger partial charge in [0.25, 0.3) is 0 Å². The molecule has 1 heterocycles. The molecule has 0 amide bonds. The molecule has 0 aliphatic rings. The van der Waals surface area contributed by atoms with Gasteiger partial charge >= 0.3 is 0 Å². The second-order valence-electron chi connectivity index (χ2n) is 5.82. The van der Waals surface area contributed by atoms with Crippen molar-refractivity contribution in [1.29, 1.82) is 0 Å². The van der Waals surface area contributed by atoms with Crippen molar-refractivity contribution in [3.63, 3.8) is 0 Å². The molecule has 0 spiro atoms. The van der Waals surface area contributed by atoms with E-state index in [1.54, 1.807) is 0 Å². The van der Waals surface area contributed by atoms with Crippen LogP contribution >= 0.6 is 0 Å². The van der Waals surface area contributed by atoms with Gasteiger partial charge in [0.15, 0.2) is 0 Å². The quantitative estimate of drug-likeness (QED) is 0.534. The molecule has 0 aliphatic carbocycles. The number of hydrogen-bond donors (Lipinski definition) is 1. The zero-order chi connectivity index (χ0) is 15.6. The molecule has 2 heteroatoms. The first-order valence-electron chi connectivity index (χ1n) is 7.78. The van der Waals surface area contributed by atoms with Gasteiger partial charge in [0.05, 0.1) is 0 Å². The van der Waals surface area contributed by atoms with Crippen LogP contribution in [-0.2, 0) is 6.54 Å². The number of nitrogens with zero attached hydrogens (tertiary/aromatic N) is 1. The van der Waals surface area contributed by atoms with Crippen LogP contribution in [0.2, 0.25) is 0 Å². The molecule has 4 aromatic rings. The summed E-state index contributed by atoms with van der Waals surface area (Å²) in [6, 6.07) is 27.4. The van der Waals surface area contributed by atoms with Crippen molar-refractivity contribution >= 4 is 16.6 Å². The molecule has 1 aromatic heterocycles. The maximum atomic E-state index is 5.76. The Morgan fingerprint density at radius 2 is 1.52 bits per heavy atom. The van der Waals surface area contributed by atoms with Gasteiger partial charge in [-0.05, 0) is 47.0 Å². The Balaban J connectivity index is 1.69. The lowest BCUT2D eigenvalue weighted by Gasteiger charge is -2.07. The Morgan fingerprint density at radius 1 is 0.739 bits per heavy atom. The zero-order valence-electron chi connectivity index (χ0n) is 12.8. The molecule has 4 rings (SSSR count). The third-order valence-corrected chi connectivity index (χ3v) is 4.21. The average Bonchev–Trinajstić information content (AvgIpc) is 3.00. The lowest BCUT2D eigenvalue weighted by atomic mass is 10.0. The number of nitrogens with two attached hydrogens (primary N) is 1. The smallest absolute Gasteiger partial charge is 0.0483 e. The van der Waals surface area contributed by atoms with Crippen LogP contribution in [0.15, 0.2) is 85.1 Å². The van der Waals surface area contributed by atoms with Crippen LogP contribution in [0.3, 0.4) is 0 Å². The summed E-state index contributed by atoms with van der Waals surface area (Å²) >= 11 is 0. The molecular weight excluding hydrogens is 280 g/mol. The minimum absolute atomic E-state index is 0.804. The van der Waals surface area contributed by atoms with Crippen molar-refractivity contribution in [3.05, 3.63) is 90.6 Å². The summed E-state index contributed by atoms with van der Waals surface area (Å²) in [6.45, 7) is 0.856. The van der Waals surface area contributed by atoms with Crippen molar-refractivity contribution in [3.8, 4) is 11.1 Å². The number of rotatable bonds is 3. The van der Waals surface area contributed by atoms with Crippen molar-refractivity contribution in [2.45, 2.75) is 6.54 Å². The molecule has 2 nitrogen and oxygen atoms in total. The summed E-state index contributed by atoms with van der Waals surface area (Å²) in [5, 5.41) is 1.27. The average molecular weight is 298 g/mol. The van der Waals surface area contributed by atoms with E-state index in [2.05, 4.69) is 71.4 Å². The van der Waals surface area contributed by atoms with Crippen molar-refractivity contribution < 1.29 is 0 Å². The zero-order valence-corrected chi connectivity index (χ0v) is 12.8. The first kappa shape index (κ1) is 13.6. The summed E-state index contributed by atoms with van der Waals surface area (Å²) in [5.41, 5.74) is 11.6. The molecule has 0 saturated heterocycles. The fraction of sp³-hybridized carbons (Fsp3) is 0.0476. The maximum absolute atomic E-state index is 5.76. The first-order chi connectivity index (χ1) is 11.3. The van der Waals surface area contributed by atoms with Gasteiger partial charge in [-0.2, -0.15) is 0 Å². The van der Waals surface area contributed by atoms with Crippen LogP contribution in [0.1, 0.15) is 5.56 Å². The molecule has 0 saturated carbocycles. The Bertz CT molecular complexity index is 935. The molecule has 0 unspecified atom stereocenters. The first-order valence-corrected chi connectivity index (χ1v) is 7.78. The van der Waals surface area contributed by atoms with Crippen LogP contribution < -0.4 is 5.73 Å². The van der Waals surface area contributed by atoms with Crippen molar-refractivity contribution in [2.75, 3.05) is 5.73 Å². The van der Waals surface area contributed by atoms with Crippen molar-refractivity contribution in [2.24, 2.45) is 0 Å². The molecule has 3 aromatic carbocycles. The largest absolute Gasteiger partial charge is 0.399 e. The summed E-state index contributed by atoms with van der Waals surface area (Å²) in [6.07, 6.45) is 2.15. The molecule has 0 bridgehead atoms. The number of nitrogen functional groups attached to an aromatic ring is 1. The third-order valence-electron chi connectivity index (χ3n) is 4.21. The van der Waals surface area contributed by atoms with E-state index < -0.39 is 0 Å². The highest BCUT2D eigenvalue weighted by Gasteiger charge is 2.04. The number of hydrogen-bond acceptors (Lipinski definition) is 1. The predicted octanol–water partition coefficient (Wildman–Crippen LogP) is 4.94. The Hall–Kier alpha value is -3.00. The van der Waals surface area contributed by atoms with E-state index >= 15 is 0 Å². The second-order valence-corrected chi connectivity index (χ2v) is 5.82. The molecule has 0 radical (unpaired) electrons. The van der Waals surface area contributed by atoms with E-state index in [0.29, 0.717) is 0 Å². The van der Waals surface area contributed by atoms with Gasteiger partial charge < -0.3 is 10.3 Å². The van der Waals surface area contributed by atoms with Gasteiger partial charge in [0.2, 0.25) is 0 Å². The fourth-order valence-corrected chi connectivity index (χ4v) is 2.97. The second kappa shape index (κ2) is 5.65. The van der Waals surface area contributed by atoms with E-state index in [-0.39, 0.29) is 0 Å². The maximum Gasteiger partial charge on any atom is 0.0483 e. The predicted molar refractivity (Wildman–Crippen MR) is 97.3 cm³/mol. The van der Waals surface area contributed by atoms with Gasteiger partial charge in [0, 0.05) is 29.3 Å². The highest BCUT2D eigenvalue weighted by molar-refractivity contribution is 5.85. The molecule has 0 aliphatic heterocycles. The van der Waals surface area contributed by atoms with Gasteiger partial charge in [-0.25, -0.2) is 0 Å². The van der Waals surface area contributed by atoms with Crippen molar-refractivity contribution in [1.82, 2.24) is 4.57 Å². The standard InChI is InChI=1S/C21H18N2/c22-20-9-6-16(7-10-20)15-23-13-12-19-14-18(8-11-21(19)23)17-4-2-1-3-5-17/h1-14H,15,22H2.